The number of aliphatic imine (C=N–C) groups is 1. The summed E-state index contributed by atoms with van der Waals surface area (Å²) in [5, 5.41) is 6.55. The number of ether oxygens (including phenoxy) is 4. The van der Waals surface area contributed by atoms with E-state index >= 15 is 0 Å². The van der Waals surface area contributed by atoms with Crippen molar-refractivity contribution in [2.75, 3.05) is 39.3 Å². The first-order chi connectivity index (χ1) is 14.1. The molecule has 2 aromatic rings. The molecule has 0 aliphatic carbocycles. The standard InChI is InChI=1S/C22H31N3O4/c1-6-23-22(25-17-10-12-19(29-8-3)21(14-17)27-5)24-15-16-9-11-18(28-7-2)20(13-16)26-4/h9-14H,6-8,15H2,1-5H3,(H2,23,24,25). The summed E-state index contributed by atoms with van der Waals surface area (Å²) in [6.45, 7) is 8.32. The highest BCUT2D eigenvalue weighted by atomic mass is 16.5. The second-order valence-corrected chi connectivity index (χ2v) is 6.04. The Bertz CT molecular complexity index is 809. The van der Waals surface area contributed by atoms with E-state index in [9.17, 15) is 0 Å². The van der Waals surface area contributed by atoms with Crippen LogP contribution >= 0.6 is 0 Å². The maximum absolute atomic E-state index is 5.57. The van der Waals surface area contributed by atoms with Gasteiger partial charge in [-0.15, -0.1) is 0 Å². The molecular formula is C22H31N3O4. The van der Waals surface area contributed by atoms with Gasteiger partial charge in [0, 0.05) is 18.3 Å². The average molecular weight is 402 g/mol. The summed E-state index contributed by atoms with van der Waals surface area (Å²) >= 11 is 0. The van der Waals surface area contributed by atoms with Crippen molar-refractivity contribution in [1.82, 2.24) is 5.32 Å². The van der Waals surface area contributed by atoms with Crippen molar-refractivity contribution < 1.29 is 18.9 Å². The molecule has 0 unspecified atom stereocenters. The summed E-state index contributed by atoms with van der Waals surface area (Å²) in [6.07, 6.45) is 0. The van der Waals surface area contributed by atoms with E-state index in [1.54, 1.807) is 14.2 Å². The number of methoxy groups -OCH3 is 2. The van der Waals surface area contributed by atoms with Crippen LogP contribution in [-0.2, 0) is 6.54 Å². The third kappa shape index (κ3) is 6.48. The van der Waals surface area contributed by atoms with E-state index in [0.29, 0.717) is 43.0 Å². The van der Waals surface area contributed by atoms with Crippen molar-refractivity contribution in [2.45, 2.75) is 27.3 Å². The third-order valence-corrected chi connectivity index (χ3v) is 4.02. The van der Waals surface area contributed by atoms with E-state index < -0.39 is 0 Å². The van der Waals surface area contributed by atoms with Crippen molar-refractivity contribution in [3.63, 3.8) is 0 Å². The predicted octanol–water partition coefficient (Wildman–Crippen LogP) is 4.08. The quantitative estimate of drug-likeness (QED) is 0.462. The molecule has 0 heterocycles. The Kier molecular flexibility index (Phi) is 8.95. The molecular weight excluding hydrogens is 370 g/mol. The van der Waals surface area contributed by atoms with Crippen molar-refractivity contribution in [3.05, 3.63) is 42.0 Å². The van der Waals surface area contributed by atoms with Crippen LogP contribution in [0.4, 0.5) is 5.69 Å². The summed E-state index contributed by atoms with van der Waals surface area (Å²) < 4.78 is 22.0. The van der Waals surface area contributed by atoms with Crippen LogP contribution in [0.15, 0.2) is 41.4 Å². The molecule has 7 nitrogen and oxygen atoms in total. The molecule has 0 fully saturated rings. The number of nitrogens with zero attached hydrogens (tertiary/aromatic N) is 1. The van der Waals surface area contributed by atoms with Crippen LogP contribution in [0, 0.1) is 0 Å². The molecule has 0 amide bonds. The SMILES string of the molecule is CCNC(=NCc1ccc(OCC)c(OC)c1)Nc1ccc(OCC)c(OC)c1. The molecule has 2 aromatic carbocycles. The number of hydrogen-bond donors (Lipinski definition) is 2. The molecule has 2 N–H and O–H groups in total. The van der Waals surface area contributed by atoms with Gasteiger partial charge in [-0.05, 0) is 50.6 Å². The number of rotatable bonds is 10. The van der Waals surface area contributed by atoms with Crippen LogP contribution in [0.5, 0.6) is 23.0 Å². The molecule has 0 aliphatic rings. The lowest BCUT2D eigenvalue weighted by molar-refractivity contribution is 0.310. The highest BCUT2D eigenvalue weighted by Gasteiger charge is 2.08. The Labute approximate surface area is 173 Å². The van der Waals surface area contributed by atoms with Gasteiger partial charge in [0.1, 0.15) is 0 Å². The molecule has 0 atom stereocenters. The van der Waals surface area contributed by atoms with E-state index in [1.165, 1.54) is 0 Å². The largest absolute Gasteiger partial charge is 0.493 e. The van der Waals surface area contributed by atoms with Gasteiger partial charge in [-0.25, -0.2) is 4.99 Å². The van der Waals surface area contributed by atoms with E-state index in [2.05, 4.69) is 15.6 Å². The number of anilines is 1. The Balaban J connectivity index is 2.16. The van der Waals surface area contributed by atoms with E-state index in [1.807, 2.05) is 57.2 Å². The van der Waals surface area contributed by atoms with Gasteiger partial charge >= 0.3 is 0 Å². The van der Waals surface area contributed by atoms with E-state index in [4.69, 9.17) is 18.9 Å². The summed E-state index contributed by atoms with van der Waals surface area (Å²) in [4.78, 5) is 4.67. The molecule has 29 heavy (non-hydrogen) atoms. The van der Waals surface area contributed by atoms with Crippen LogP contribution in [0.25, 0.3) is 0 Å². The predicted molar refractivity (Wildman–Crippen MR) is 117 cm³/mol. The molecule has 158 valence electrons. The lowest BCUT2D eigenvalue weighted by Gasteiger charge is -2.15. The topological polar surface area (TPSA) is 73.3 Å². The Morgan fingerprint density at radius 3 is 2.03 bits per heavy atom. The lowest BCUT2D eigenvalue weighted by Crippen LogP contribution is -2.30. The first kappa shape index (κ1) is 22.2. The molecule has 0 radical (unpaired) electrons. The van der Waals surface area contributed by atoms with Crippen molar-refractivity contribution in [1.29, 1.82) is 0 Å². The Hall–Kier alpha value is -3.09. The fraction of sp³-hybridized carbons (Fsp3) is 0.409. The van der Waals surface area contributed by atoms with Gasteiger partial charge in [-0.1, -0.05) is 6.07 Å². The second kappa shape index (κ2) is 11.7. The number of hydrogen-bond acceptors (Lipinski definition) is 5. The van der Waals surface area contributed by atoms with E-state index in [-0.39, 0.29) is 0 Å². The molecule has 7 heteroatoms. The summed E-state index contributed by atoms with van der Waals surface area (Å²) in [6, 6.07) is 11.5. The molecule has 0 saturated carbocycles. The average Bonchev–Trinajstić information content (AvgIpc) is 2.74. The zero-order chi connectivity index (χ0) is 21.1. The third-order valence-electron chi connectivity index (χ3n) is 4.02. The second-order valence-electron chi connectivity index (χ2n) is 6.04. The van der Waals surface area contributed by atoms with Gasteiger partial charge in [0.05, 0.1) is 34.0 Å². The van der Waals surface area contributed by atoms with Gasteiger partial charge in [-0.3, -0.25) is 0 Å². The van der Waals surface area contributed by atoms with Gasteiger partial charge in [0.25, 0.3) is 0 Å². The Morgan fingerprint density at radius 1 is 0.828 bits per heavy atom. The van der Waals surface area contributed by atoms with Crippen LogP contribution in [-0.4, -0.2) is 39.9 Å². The highest BCUT2D eigenvalue weighted by Crippen LogP contribution is 2.30. The van der Waals surface area contributed by atoms with Gasteiger partial charge in [0.2, 0.25) is 0 Å². The fourth-order valence-corrected chi connectivity index (χ4v) is 2.72. The maximum atomic E-state index is 5.57. The zero-order valence-electron chi connectivity index (χ0n) is 17.9. The van der Waals surface area contributed by atoms with Crippen molar-refractivity contribution in [3.8, 4) is 23.0 Å². The number of benzene rings is 2. The monoisotopic (exact) mass is 401 g/mol. The van der Waals surface area contributed by atoms with Crippen molar-refractivity contribution in [2.24, 2.45) is 4.99 Å². The minimum atomic E-state index is 0.492. The minimum Gasteiger partial charge on any atom is -0.493 e. The van der Waals surface area contributed by atoms with Crippen LogP contribution in [0.2, 0.25) is 0 Å². The fourth-order valence-electron chi connectivity index (χ4n) is 2.72. The molecule has 0 spiro atoms. The molecule has 0 bridgehead atoms. The molecule has 0 aliphatic heterocycles. The number of guanidine groups is 1. The van der Waals surface area contributed by atoms with E-state index in [0.717, 1.165) is 23.5 Å². The van der Waals surface area contributed by atoms with Crippen molar-refractivity contribution >= 4 is 11.6 Å². The summed E-state index contributed by atoms with van der Waals surface area (Å²) in [5.74, 6) is 3.49. The maximum Gasteiger partial charge on any atom is 0.196 e. The van der Waals surface area contributed by atoms with Crippen LogP contribution < -0.4 is 29.6 Å². The zero-order valence-corrected chi connectivity index (χ0v) is 17.9. The molecule has 0 saturated heterocycles. The summed E-state index contributed by atoms with van der Waals surface area (Å²) in [7, 11) is 3.26. The van der Waals surface area contributed by atoms with Crippen LogP contribution in [0.3, 0.4) is 0 Å². The molecule has 2 rings (SSSR count). The summed E-state index contributed by atoms with van der Waals surface area (Å²) in [5.41, 5.74) is 1.88. The normalized spacial score (nSPS) is 11.0. The minimum absolute atomic E-state index is 0.492. The number of nitrogens with one attached hydrogen (secondary N) is 2. The first-order valence-electron chi connectivity index (χ1n) is 9.80. The highest BCUT2D eigenvalue weighted by molar-refractivity contribution is 5.93. The Morgan fingerprint density at radius 2 is 1.45 bits per heavy atom. The molecule has 0 aromatic heterocycles. The first-order valence-corrected chi connectivity index (χ1v) is 9.80. The van der Waals surface area contributed by atoms with Gasteiger partial charge < -0.3 is 29.6 Å². The van der Waals surface area contributed by atoms with Crippen LogP contribution in [0.1, 0.15) is 26.3 Å². The van der Waals surface area contributed by atoms with Gasteiger partial charge in [-0.2, -0.15) is 0 Å². The lowest BCUT2D eigenvalue weighted by atomic mass is 10.2. The van der Waals surface area contributed by atoms with Gasteiger partial charge in [0.15, 0.2) is 29.0 Å². The smallest absolute Gasteiger partial charge is 0.196 e.